The molecule has 1 amide bonds. The Morgan fingerprint density at radius 3 is 2.70 bits per heavy atom. The molecule has 0 unspecified atom stereocenters. The molecule has 1 N–H and O–H groups in total. The fraction of sp³-hybridized carbons (Fsp3) is 0.136. The van der Waals surface area contributed by atoms with Gasteiger partial charge in [-0.2, -0.15) is 5.10 Å². The highest BCUT2D eigenvalue weighted by Crippen LogP contribution is 2.24. The molecule has 2 aromatic carbocycles. The van der Waals surface area contributed by atoms with Crippen LogP contribution in [0.25, 0.3) is 22.2 Å². The average molecular weight is 356 g/mol. The molecule has 5 heteroatoms. The molecule has 27 heavy (non-hydrogen) atoms. The smallest absolute Gasteiger partial charge is 0.274 e. The number of amides is 1. The summed E-state index contributed by atoms with van der Waals surface area (Å²) in [5.41, 5.74) is 5.87. The number of hydrogen-bond donors (Lipinski definition) is 1. The van der Waals surface area contributed by atoms with E-state index in [-0.39, 0.29) is 5.91 Å². The maximum Gasteiger partial charge on any atom is 0.274 e. The van der Waals surface area contributed by atoms with Gasteiger partial charge >= 0.3 is 0 Å². The molecule has 0 fully saturated rings. The highest BCUT2D eigenvalue weighted by molar-refractivity contribution is 6.04. The minimum Gasteiger partial charge on any atom is -0.321 e. The first-order valence-electron chi connectivity index (χ1n) is 8.79. The van der Waals surface area contributed by atoms with Crippen LogP contribution in [0.4, 0.5) is 5.69 Å². The first-order chi connectivity index (χ1) is 13.0. The Bertz CT molecular complexity index is 1160. The van der Waals surface area contributed by atoms with Gasteiger partial charge < -0.3 is 5.32 Å². The number of anilines is 1. The van der Waals surface area contributed by atoms with E-state index < -0.39 is 0 Å². The molecule has 0 radical (unpaired) electrons. The van der Waals surface area contributed by atoms with Gasteiger partial charge in [0.2, 0.25) is 0 Å². The van der Waals surface area contributed by atoms with Crippen molar-refractivity contribution in [2.75, 3.05) is 5.32 Å². The summed E-state index contributed by atoms with van der Waals surface area (Å²) in [6.07, 6.45) is 1.84. The predicted octanol–water partition coefficient (Wildman–Crippen LogP) is 4.50. The van der Waals surface area contributed by atoms with E-state index in [4.69, 9.17) is 0 Å². The maximum absolute atomic E-state index is 12.8. The van der Waals surface area contributed by atoms with Crippen molar-refractivity contribution in [3.63, 3.8) is 0 Å². The second-order valence-electron chi connectivity index (χ2n) is 6.73. The van der Waals surface area contributed by atoms with Crippen LogP contribution in [0.1, 0.15) is 21.6 Å². The molecule has 0 bridgehead atoms. The number of benzene rings is 2. The van der Waals surface area contributed by atoms with Crippen LogP contribution >= 0.6 is 0 Å². The van der Waals surface area contributed by atoms with Crippen molar-refractivity contribution in [1.29, 1.82) is 0 Å². The van der Waals surface area contributed by atoms with Crippen molar-refractivity contribution in [2.45, 2.75) is 13.8 Å². The summed E-state index contributed by atoms with van der Waals surface area (Å²) in [6, 6.07) is 17.7. The molecule has 134 valence electrons. The third kappa shape index (κ3) is 3.31. The van der Waals surface area contributed by atoms with E-state index in [1.807, 2.05) is 86.4 Å². The number of carbonyl (C=O) groups excluding carboxylic acids is 1. The van der Waals surface area contributed by atoms with Gasteiger partial charge in [-0.3, -0.25) is 9.48 Å². The van der Waals surface area contributed by atoms with Gasteiger partial charge in [-0.05, 0) is 49.2 Å². The van der Waals surface area contributed by atoms with Crippen LogP contribution in [0.15, 0.2) is 60.8 Å². The summed E-state index contributed by atoms with van der Waals surface area (Å²) in [4.78, 5) is 17.4. The van der Waals surface area contributed by atoms with Gasteiger partial charge in [-0.25, -0.2) is 4.98 Å². The van der Waals surface area contributed by atoms with Crippen LogP contribution in [0, 0.1) is 13.8 Å². The number of fused-ring (bicyclic) bond motifs is 1. The van der Waals surface area contributed by atoms with Crippen LogP contribution < -0.4 is 5.32 Å². The highest BCUT2D eigenvalue weighted by atomic mass is 16.1. The van der Waals surface area contributed by atoms with Gasteiger partial charge in [0, 0.05) is 23.7 Å². The van der Waals surface area contributed by atoms with Crippen molar-refractivity contribution in [1.82, 2.24) is 14.8 Å². The van der Waals surface area contributed by atoms with Gasteiger partial charge in [0.25, 0.3) is 5.91 Å². The average Bonchev–Trinajstić information content (AvgIpc) is 3.02. The van der Waals surface area contributed by atoms with Crippen LogP contribution in [0.3, 0.4) is 0 Å². The van der Waals surface area contributed by atoms with Crippen molar-refractivity contribution >= 4 is 22.5 Å². The minimum absolute atomic E-state index is 0.207. The van der Waals surface area contributed by atoms with Crippen LogP contribution in [-0.2, 0) is 7.05 Å². The van der Waals surface area contributed by atoms with E-state index in [0.717, 1.165) is 39.0 Å². The molecule has 0 saturated carbocycles. The van der Waals surface area contributed by atoms with Gasteiger partial charge in [-0.1, -0.05) is 30.3 Å². The number of hydrogen-bond acceptors (Lipinski definition) is 3. The zero-order valence-corrected chi connectivity index (χ0v) is 15.5. The fourth-order valence-corrected chi connectivity index (χ4v) is 3.14. The molecule has 0 spiro atoms. The standard InChI is InChI=1S/C22H20N4O/c1-14-5-4-6-18(11-14)24-22(27)21-15(2)7-10-19(25-21)16-8-9-17-13-23-26(3)20(17)12-16/h4-13H,1-3H3,(H,24,27). The number of aryl methyl sites for hydroxylation is 3. The second kappa shape index (κ2) is 6.68. The molecule has 0 aliphatic rings. The lowest BCUT2D eigenvalue weighted by atomic mass is 10.1. The molecule has 0 aliphatic carbocycles. The topological polar surface area (TPSA) is 59.8 Å². The molecular weight excluding hydrogens is 336 g/mol. The first-order valence-corrected chi connectivity index (χ1v) is 8.79. The van der Waals surface area contributed by atoms with E-state index >= 15 is 0 Å². The largest absolute Gasteiger partial charge is 0.321 e. The Kier molecular flexibility index (Phi) is 4.20. The molecule has 2 heterocycles. The Labute approximate surface area is 157 Å². The Hall–Kier alpha value is -3.47. The molecule has 5 nitrogen and oxygen atoms in total. The molecule has 2 aromatic heterocycles. The normalized spacial score (nSPS) is 10.9. The molecule has 0 aliphatic heterocycles. The monoisotopic (exact) mass is 356 g/mol. The van der Waals surface area contributed by atoms with Crippen molar-refractivity contribution in [2.24, 2.45) is 7.05 Å². The zero-order chi connectivity index (χ0) is 19.0. The van der Waals surface area contributed by atoms with Crippen molar-refractivity contribution in [3.05, 3.63) is 77.6 Å². The maximum atomic E-state index is 12.8. The summed E-state index contributed by atoms with van der Waals surface area (Å²) in [5, 5.41) is 8.29. The van der Waals surface area contributed by atoms with Crippen LogP contribution in [0.2, 0.25) is 0 Å². The van der Waals surface area contributed by atoms with Gasteiger partial charge in [0.1, 0.15) is 5.69 Å². The summed E-state index contributed by atoms with van der Waals surface area (Å²) in [7, 11) is 1.91. The second-order valence-corrected chi connectivity index (χ2v) is 6.73. The van der Waals surface area contributed by atoms with Crippen LogP contribution in [0.5, 0.6) is 0 Å². The number of carbonyl (C=O) groups is 1. The molecule has 4 rings (SSSR count). The van der Waals surface area contributed by atoms with Gasteiger partial charge in [0.15, 0.2) is 0 Å². The number of nitrogens with zero attached hydrogens (tertiary/aromatic N) is 3. The first kappa shape index (κ1) is 17.0. The Morgan fingerprint density at radius 2 is 1.89 bits per heavy atom. The lowest BCUT2D eigenvalue weighted by Gasteiger charge is -2.10. The highest BCUT2D eigenvalue weighted by Gasteiger charge is 2.14. The lowest BCUT2D eigenvalue weighted by Crippen LogP contribution is -2.15. The predicted molar refractivity (Wildman–Crippen MR) is 108 cm³/mol. The van der Waals surface area contributed by atoms with E-state index in [9.17, 15) is 4.79 Å². The zero-order valence-electron chi connectivity index (χ0n) is 15.5. The summed E-state index contributed by atoms with van der Waals surface area (Å²) in [5.74, 6) is -0.207. The fourth-order valence-electron chi connectivity index (χ4n) is 3.14. The summed E-state index contributed by atoms with van der Waals surface area (Å²) < 4.78 is 1.83. The summed E-state index contributed by atoms with van der Waals surface area (Å²) in [6.45, 7) is 3.89. The Balaban J connectivity index is 1.69. The lowest BCUT2D eigenvalue weighted by molar-refractivity contribution is 0.102. The van der Waals surface area contributed by atoms with E-state index in [0.29, 0.717) is 5.69 Å². The van der Waals surface area contributed by atoms with E-state index in [1.165, 1.54) is 0 Å². The molecule has 4 aromatic rings. The quantitative estimate of drug-likeness (QED) is 0.588. The van der Waals surface area contributed by atoms with Crippen molar-refractivity contribution < 1.29 is 4.79 Å². The molecular formula is C22H20N4O. The number of rotatable bonds is 3. The SMILES string of the molecule is Cc1cccc(NC(=O)c2nc(-c3ccc4cnn(C)c4c3)ccc2C)c1. The number of aromatic nitrogens is 3. The minimum atomic E-state index is -0.207. The molecule has 0 atom stereocenters. The summed E-state index contributed by atoms with van der Waals surface area (Å²) >= 11 is 0. The third-order valence-corrected chi connectivity index (χ3v) is 4.63. The number of pyridine rings is 1. The van der Waals surface area contributed by atoms with Gasteiger partial charge in [0.05, 0.1) is 17.4 Å². The van der Waals surface area contributed by atoms with E-state index in [2.05, 4.69) is 15.4 Å². The van der Waals surface area contributed by atoms with E-state index in [1.54, 1.807) is 0 Å². The third-order valence-electron chi connectivity index (χ3n) is 4.63. The van der Waals surface area contributed by atoms with Crippen molar-refractivity contribution in [3.8, 4) is 11.3 Å². The van der Waals surface area contributed by atoms with Crippen LogP contribution in [-0.4, -0.2) is 20.7 Å². The Morgan fingerprint density at radius 1 is 1.04 bits per heavy atom. The molecule has 0 saturated heterocycles. The number of nitrogens with one attached hydrogen (secondary N) is 1. The van der Waals surface area contributed by atoms with Gasteiger partial charge in [-0.15, -0.1) is 0 Å².